The number of ether oxygens (including phenoxy) is 2. The van der Waals surface area contributed by atoms with Crippen LogP contribution in [0, 0.1) is 0 Å². The average Bonchev–Trinajstić information content (AvgIpc) is 3.12. The highest BCUT2D eigenvalue weighted by Crippen LogP contribution is 2.40. The molecule has 3 heteroatoms. The van der Waals surface area contributed by atoms with E-state index >= 15 is 0 Å². The molecule has 148 valence electrons. The standard InChI is InChI=1S/C26H27NO2/c1-3-28-24-15-18-11-12-27-26(23(18)16-25(24)29-4-2)19-9-10-22-20(14-19)13-17-7-5-6-8-21(17)22/h5-10,14-16,26-27H,3-4,11-13H2,1-2H3/p+1/t26-/m0/s1. The van der Waals surface area contributed by atoms with Gasteiger partial charge in [0.15, 0.2) is 11.5 Å². The second-order valence-corrected chi connectivity index (χ2v) is 7.87. The minimum absolute atomic E-state index is 0.308. The Balaban J connectivity index is 1.54. The van der Waals surface area contributed by atoms with Crippen molar-refractivity contribution < 1.29 is 14.8 Å². The van der Waals surface area contributed by atoms with Crippen molar-refractivity contribution in [2.45, 2.75) is 32.7 Å². The van der Waals surface area contributed by atoms with Crippen molar-refractivity contribution in [3.8, 4) is 22.6 Å². The Kier molecular flexibility index (Phi) is 4.76. The summed E-state index contributed by atoms with van der Waals surface area (Å²) in [6, 6.07) is 20.5. The van der Waals surface area contributed by atoms with E-state index in [1.165, 1.54) is 38.9 Å². The quantitative estimate of drug-likeness (QED) is 0.556. The second kappa shape index (κ2) is 7.57. The van der Waals surface area contributed by atoms with Gasteiger partial charge in [-0.15, -0.1) is 0 Å². The van der Waals surface area contributed by atoms with E-state index in [0.29, 0.717) is 19.3 Å². The molecule has 0 aromatic heterocycles. The van der Waals surface area contributed by atoms with Gasteiger partial charge < -0.3 is 14.8 Å². The van der Waals surface area contributed by atoms with Gasteiger partial charge in [0.1, 0.15) is 6.04 Å². The van der Waals surface area contributed by atoms with E-state index in [1.54, 1.807) is 0 Å². The third-order valence-electron chi connectivity index (χ3n) is 6.13. The zero-order chi connectivity index (χ0) is 19.8. The zero-order valence-corrected chi connectivity index (χ0v) is 17.2. The molecular weight excluding hydrogens is 358 g/mol. The third-order valence-corrected chi connectivity index (χ3v) is 6.13. The SMILES string of the molecule is CCOc1cc2c(cc1OCC)[C@H](c1ccc3c(c1)Cc1ccccc1-3)[NH2+]CC2. The fraction of sp³-hybridized carbons (Fsp3) is 0.308. The van der Waals surface area contributed by atoms with Crippen LogP contribution in [0.1, 0.15) is 47.7 Å². The van der Waals surface area contributed by atoms with Gasteiger partial charge in [-0.25, -0.2) is 0 Å². The summed E-state index contributed by atoms with van der Waals surface area (Å²) in [5.41, 5.74) is 9.79. The van der Waals surface area contributed by atoms with Crippen LogP contribution in [-0.2, 0) is 12.8 Å². The maximum atomic E-state index is 5.92. The van der Waals surface area contributed by atoms with Gasteiger partial charge in [0, 0.05) is 17.5 Å². The van der Waals surface area contributed by atoms with E-state index in [0.717, 1.165) is 30.9 Å². The first kappa shape index (κ1) is 18.3. The van der Waals surface area contributed by atoms with Crippen molar-refractivity contribution in [3.63, 3.8) is 0 Å². The van der Waals surface area contributed by atoms with Crippen LogP contribution in [0.25, 0.3) is 11.1 Å². The van der Waals surface area contributed by atoms with E-state index in [2.05, 4.69) is 59.9 Å². The maximum Gasteiger partial charge on any atom is 0.161 e. The summed E-state index contributed by atoms with van der Waals surface area (Å²) >= 11 is 0. The van der Waals surface area contributed by atoms with Gasteiger partial charge in [-0.05, 0) is 66.3 Å². The number of benzene rings is 3. The first-order chi connectivity index (χ1) is 14.3. The van der Waals surface area contributed by atoms with Crippen LogP contribution in [0.3, 0.4) is 0 Å². The van der Waals surface area contributed by atoms with Crippen molar-refractivity contribution in [1.82, 2.24) is 0 Å². The van der Waals surface area contributed by atoms with Crippen molar-refractivity contribution in [2.24, 2.45) is 0 Å². The lowest BCUT2D eigenvalue weighted by atomic mass is 9.88. The predicted molar refractivity (Wildman–Crippen MR) is 116 cm³/mol. The molecule has 0 bridgehead atoms. The first-order valence-corrected chi connectivity index (χ1v) is 10.7. The highest BCUT2D eigenvalue weighted by molar-refractivity contribution is 5.77. The molecule has 3 aromatic carbocycles. The number of nitrogens with two attached hydrogens (primary N) is 1. The van der Waals surface area contributed by atoms with E-state index < -0.39 is 0 Å². The molecular formula is C26H28NO2+. The Morgan fingerprint density at radius 1 is 0.828 bits per heavy atom. The largest absolute Gasteiger partial charge is 0.490 e. The molecule has 0 amide bonds. The topological polar surface area (TPSA) is 35.1 Å². The number of quaternary nitrogens is 1. The van der Waals surface area contributed by atoms with Crippen LogP contribution in [0.4, 0.5) is 0 Å². The van der Waals surface area contributed by atoms with Gasteiger partial charge in [0.25, 0.3) is 0 Å². The van der Waals surface area contributed by atoms with Crippen LogP contribution < -0.4 is 14.8 Å². The van der Waals surface area contributed by atoms with Gasteiger partial charge in [-0.1, -0.05) is 36.4 Å². The summed E-state index contributed by atoms with van der Waals surface area (Å²) in [5.74, 6) is 1.74. The van der Waals surface area contributed by atoms with Crippen LogP contribution in [0.2, 0.25) is 0 Å². The van der Waals surface area contributed by atoms with Gasteiger partial charge >= 0.3 is 0 Å². The lowest BCUT2D eigenvalue weighted by Crippen LogP contribution is -2.87. The maximum absolute atomic E-state index is 5.92. The Morgan fingerprint density at radius 2 is 1.59 bits per heavy atom. The molecule has 0 saturated heterocycles. The molecule has 1 atom stereocenters. The average molecular weight is 387 g/mol. The van der Waals surface area contributed by atoms with Gasteiger partial charge in [0.2, 0.25) is 0 Å². The number of fused-ring (bicyclic) bond motifs is 4. The number of hydrogen-bond acceptors (Lipinski definition) is 2. The molecule has 0 radical (unpaired) electrons. The molecule has 0 fully saturated rings. The lowest BCUT2D eigenvalue weighted by Gasteiger charge is -2.26. The van der Waals surface area contributed by atoms with Crippen LogP contribution in [-0.4, -0.2) is 19.8 Å². The highest BCUT2D eigenvalue weighted by atomic mass is 16.5. The molecule has 0 saturated carbocycles. The van der Waals surface area contributed by atoms with Crippen LogP contribution in [0.15, 0.2) is 54.6 Å². The van der Waals surface area contributed by atoms with Crippen molar-refractivity contribution >= 4 is 0 Å². The minimum Gasteiger partial charge on any atom is -0.490 e. The normalized spacial score (nSPS) is 16.7. The molecule has 29 heavy (non-hydrogen) atoms. The highest BCUT2D eigenvalue weighted by Gasteiger charge is 2.29. The summed E-state index contributed by atoms with van der Waals surface area (Å²) in [6.45, 7) is 6.43. The van der Waals surface area contributed by atoms with E-state index in [9.17, 15) is 0 Å². The molecule has 1 aliphatic heterocycles. The minimum atomic E-state index is 0.308. The monoisotopic (exact) mass is 386 g/mol. The van der Waals surface area contributed by atoms with Crippen LogP contribution >= 0.6 is 0 Å². The van der Waals surface area contributed by atoms with Crippen molar-refractivity contribution in [1.29, 1.82) is 0 Å². The Bertz CT molecular complexity index is 1060. The number of hydrogen-bond donors (Lipinski definition) is 1. The van der Waals surface area contributed by atoms with Crippen LogP contribution in [0.5, 0.6) is 11.5 Å². The van der Waals surface area contributed by atoms with E-state index in [-0.39, 0.29) is 0 Å². The smallest absolute Gasteiger partial charge is 0.161 e. The summed E-state index contributed by atoms with van der Waals surface area (Å²) < 4.78 is 11.8. The second-order valence-electron chi connectivity index (χ2n) is 7.87. The molecule has 5 rings (SSSR count). The molecule has 2 N–H and O–H groups in total. The Morgan fingerprint density at radius 3 is 2.41 bits per heavy atom. The number of rotatable bonds is 5. The van der Waals surface area contributed by atoms with Crippen molar-refractivity contribution in [2.75, 3.05) is 19.8 Å². The van der Waals surface area contributed by atoms with Gasteiger partial charge in [-0.2, -0.15) is 0 Å². The third kappa shape index (κ3) is 3.20. The van der Waals surface area contributed by atoms with E-state index in [1.807, 2.05) is 13.8 Å². The molecule has 3 nitrogen and oxygen atoms in total. The summed E-state index contributed by atoms with van der Waals surface area (Å²) in [6.07, 6.45) is 2.10. The Hall–Kier alpha value is -2.78. The van der Waals surface area contributed by atoms with Crippen molar-refractivity contribution in [3.05, 3.63) is 82.4 Å². The summed E-state index contributed by atoms with van der Waals surface area (Å²) in [5, 5.41) is 2.46. The fourth-order valence-corrected chi connectivity index (χ4v) is 4.87. The van der Waals surface area contributed by atoms with Gasteiger partial charge in [0.05, 0.1) is 19.8 Å². The van der Waals surface area contributed by atoms with E-state index in [4.69, 9.17) is 9.47 Å². The molecule has 2 aliphatic rings. The lowest BCUT2D eigenvalue weighted by molar-refractivity contribution is -0.690. The molecule has 1 aliphatic carbocycles. The molecule has 3 aromatic rings. The molecule has 0 spiro atoms. The summed E-state index contributed by atoms with van der Waals surface area (Å²) in [7, 11) is 0. The van der Waals surface area contributed by atoms with Gasteiger partial charge in [-0.3, -0.25) is 0 Å². The fourth-order valence-electron chi connectivity index (χ4n) is 4.87. The first-order valence-electron chi connectivity index (χ1n) is 10.7. The predicted octanol–water partition coefficient (Wildman–Crippen LogP) is 4.26. The summed E-state index contributed by atoms with van der Waals surface area (Å²) in [4.78, 5) is 0. The zero-order valence-electron chi connectivity index (χ0n) is 17.2. The molecule has 0 unspecified atom stereocenters. The molecule has 1 heterocycles. The Labute approximate surface area is 172 Å².